The summed E-state index contributed by atoms with van der Waals surface area (Å²) in [6.45, 7) is 21.8. The van der Waals surface area contributed by atoms with E-state index in [2.05, 4.69) is 67.6 Å². The number of nitrogens with one attached hydrogen (secondary N) is 1. The van der Waals surface area contributed by atoms with E-state index in [1.54, 1.807) is 0 Å². The highest BCUT2D eigenvalue weighted by atomic mass is 32.1. The van der Waals surface area contributed by atoms with E-state index < -0.39 is 0 Å². The van der Waals surface area contributed by atoms with E-state index in [1.807, 2.05) is 0 Å². The molecule has 0 aliphatic carbocycles. The predicted octanol–water partition coefficient (Wildman–Crippen LogP) is 5.47. The molecular weight excluding hydrogens is 342 g/mol. The molecule has 0 aromatic rings. The van der Waals surface area contributed by atoms with E-state index in [0.717, 1.165) is 19.3 Å². The first-order valence-electron chi connectivity index (χ1n) is 10.2. The monoisotopic (exact) mass is 387 g/mol. The Labute approximate surface area is 168 Å². The molecule has 0 aliphatic heterocycles. The maximum Gasteiger partial charge on any atom is 0.220 e. The van der Waals surface area contributed by atoms with Gasteiger partial charge in [-0.15, -0.1) is 0 Å². The van der Waals surface area contributed by atoms with Gasteiger partial charge in [0.05, 0.1) is 0 Å². The van der Waals surface area contributed by atoms with Gasteiger partial charge in [-0.2, -0.15) is 12.6 Å². The van der Waals surface area contributed by atoms with Gasteiger partial charge < -0.3 is 10.4 Å². The van der Waals surface area contributed by atoms with Crippen molar-refractivity contribution in [2.75, 3.05) is 13.2 Å². The van der Waals surface area contributed by atoms with Gasteiger partial charge in [0.2, 0.25) is 5.91 Å². The Balaban J connectivity index is 4.62. The smallest absolute Gasteiger partial charge is 0.220 e. The molecule has 2 N–H and O–H groups in total. The van der Waals surface area contributed by atoms with Crippen LogP contribution in [0.2, 0.25) is 0 Å². The van der Waals surface area contributed by atoms with Crippen LogP contribution >= 0.6 is 12.6 Å². The summed E-state index contributed by atoms with van der Waals surface area (Å²) in [5, 5.41) is 11.7. The van der Waals surface area contributed by atoms with Gasteiger partial charge in [0.25, 0.3) is 0 Å². The Morgan fingerprint density at radius 1 is 1.08 bits per heavy atom. The molecule has 0 saturated carbocycles. The predicted molar refractivity (Wildman–Crippen MR) is 117 cm³/mol. The average molecular weight is 388 g/mol. The average Bonchev–Trinajstić information content (AvgIpc) is 2.41. The van der Waals surface area contributed by atoms with Gasteiger partial charge in [-0.1, -0.05) is 62.3 Å². The number of rotatable bonds is 11. The first-order valence-corrected chi connectivity index (χ1v) is 10.6. The number of carbonyl (C=O) groups excluding carboxylic acids is 1. The largest absolute Gasteiger partial charge is 0.396 e. The molecule has 156 valence electrons. The lowest BCUT2D eigenvalue weighted by molar-refractivity contribution is -0.121. The first kappa shape index (κ1) is 25.8. The number of aliphatic hydroxyl groups excluding tert-OH is 1. The Hall–Kier alpha value is -0.220. The van der Waals surface area contributed by atoms with E-state index >= 15 is 0 Å². The van der Waals surface area contributed by atoms with Gasteiger partial charge >= 0.3 is 0 Å². The summed E-state index contributed by atoms with van der Waals surface area (Å²) in [7, 11) is 0. The third-order valence-electron chi connectivity index (χ3n) is 6.70. The van der Waals surface area contributed by atoms with Gasteiger partial charge in [-0.05, 0) is 47.8 Å². The van der Waals surface area contributed by atoms with Crippen molar-refractivity contribution in [3.05, 3.63) is 0 Å². The standard InChI is InChI=1S/C22H45NO2S/c1-17(12-13-23-18(25)11-10-14-24)15-22(9,26)16-20(5,6)21(7,8)19(2,3)4/h17,24,26H,10-16H2,1-9H3,(H,23,25). The molecule has 0 rings (SSSR count). The zero-order valence-corrected chi connectivity index (χ0v) is 19.7. The van der Waals surface area contributed by atoms with E-state index in [1.165, 1.54) is 0 Å². The van der Waals surface area contributed by atoms with Crippen LogP contribution in [0.1, 0.15) is 94.4 Å². The first-order chi connectivity index (χ1) is 11.6. The summed E-state index contributed by atoms with van der Waals surface area (Å²) in [5.74, 6) is 0.539. The van der Waals surface area contributed by atoms with Crippen molar-refractivity contribution in [1.82, 2.24) is 5.32 Å². The lowest BCUT2D eigenvalue weighted by atomic mass is 9.53. The molecule has 4 heteroatoms. The molecule has 0 aromatic carbocycles. The van der Waals surface area contributed by atoms with Gasteiger partial charge in [-0.25, -0.2) is 0 Å². The van der Waals surface area contributed by atoms with Crippen LogP contribution in [0.15, 0.2) is 0 Å². The van der Waals surface area contributed by atoms with Crippen LogP contribution in [0, 0.1) is 22.2 Å². The van der Waals surface area contributed by atoms with Crippen molar-refractivity contribution in [1.29, 1.82) is 0 Å². The summed E-state index contributed by atoms with van der Waals surface area (Å²) in [5.41, 5.74) is 0.582. The van der Waals surface area contributed by atoms with Crippen molar-refractivity contribution in [3.8, 4) is 0 Å². The summed E-state index contributed by atoms with van der Waals surface area (Å²) < 4.78 is -0.0354. The Morgan fingerprint density at radius 2 is 1.62 bits per heavy atom. The summed E-state index contributed by atoms with van der Waals surface area (Å²) >= 11 is 5.04. The van der Waals surface area contributed by atoms with Crippen LogP contribution in [0.4, 0.5) is 0 Å². The highest BCUT2D eigenvalue weighted by molar-refractivity contribution is 7.81. The maximum atomic E-state index is 11.6. The van der Waals surface area contributed by atoms with E-state index in [0.29, 0.717) is 25.3 Å². The van der Waals surface area contributed by atoms with Crippen LogP contribution in [0.3, 0.4) is 0 Å². The molecule has 0 aromatic heterocycles. The van der Waals surface area contributed by atoms with Gasteiger partial charge in [0, 0.05) is 24.3 Å². The minimum atomic E-state index is -0.0354. The van der Waals surface area contributed by atoms with Gasteiger partial charge in [0.15, 0.2) is 0 Å². The normalized spacial score (nSPS) is 16.9. The van der Waals surface area contributed by atoms with Crippen molar-refractivity contribution in [2.24, 2.45) is 22.2 Å². The molecule has 1 amide bonds. The van der Waals surface area contributed by atoms with E-state index in [-0.39, 0.29) is 33.5 Å². The highest BCUT2D eigenvalue weighted by Gasteiger charge is 2.47. The number of carbonyl (C=O) groups is 1. The zero-order valence-electron chi connectivity index (χ0n) is 18.8. The van der Waals surface area contributed by atoms with Crippen LogP contribution in [0.5, 0.6) is 0 Å². The highest BCUT2D eigenvalue weighted by Crippen LogP contribution is 2.55. The Kier molecular flexibility index (Phi) is 9.73. The van der Waals surface area contributed by atoms with Crippen molar-refractivity contribution in [2.45, 2.75) is 99.2 Å². The molecule has 2 unspecified atom stereocenters. The minimum absolute atomic E-state index is 0.0351. The Bertz CT molecular complexity index is 436. The molecule has 0 saturated heterocycles. The third-order valence-corrected chi connectivity index (χ3v) is 7.04. The van der Waals surface area contributed by atoms with E-state index in [9.17, 15) is 4.79 Å². The van der Waals surface area contributed by atoms with Crippen LogP contribution in [0.25, 0.3) is 0 Å². The molecule has 0 spiro atoms. The molecular formula is C22H45NO2S. The number of hydrogen-bond acceptors (Lipinski definition) is 3. The maximum absolute atomic E-state index is 11.6. The lowest BCUT2D eigenvalue weighted by Gasteiger charge is -2.53. The second-order valence-electron chi connectivity index (χ2n) is 10.7. The van der Waals surface area contributed by atoms with Crippen molar-refractivity contribution < 1.29 is 9.90 Å². The van der Waals surface area contributed by atoms with Gasteiger partial charge in [-0.3, -0.25) is 4.79 Å². The quantitative estimate of drug-likeness (QED) is 0.412. The SMILES string of the molecule is CC(CCNC(=O)CCCO)CC(C)(S)CC(C)(C)C(C)(C)C(C)(C)C. The molecule has 2 atom stereocenters. The van der Waals surface area contributed by atoms with Crippen molar-refractivity contribution in [3.63, 3.8) is 0 Å². The second kappa shape index (κ2) is 9.82. The van der Waals surface area contributed by atoms with Crippen LogP contribution in [-0.2, 0) is 4.79 Å². The van der Waals surface area contributed by atoms with Gasteiger partial charge in [0.1, 0.15) is 0 Å². The molecule has 0 bridgehead atoms. The fraction of sp³-hybridized carbons (Fsp3) is 0.955. The number of hydrogen-bond donors (Lipinski definition) is 3. The zero-order chi connectivity index (χ0) is 20.8. The van der Waals surface area contributed by atoms with Crippen molar-refractivity contribution >= 4 is 18.5 Å². The van der Waals surface area contributed by atoms with E-state index in [4.69, 9.17) is 17.7 Å². The lowest BCUT2D eigenvalue weighted by Crippen LogP contribution is -2.46. The summed E-state index contributed by atoms with van der Waals surface area (Å²) in [4.78, 5) is 11.6. The molecule has 0 aliphatic rings. The fourth-order valence-electron chi connectivity index (χ4n) is 3.90. The van der Waals surface area contributed by atoms with Crippen LogP contribution in [-0.4, -0.2) is 28.9 Å². The third kappa shape index (κ3) is 8.21. The molecule has 3 nitrogen and oxygen atoms in total. The number of amides is 1. The molecule has 0 heterocycles. The number of aliphatic hydroxyl groups is 1. The topological polar surface area (TPSA) is 49.3 Å². The number of thiol groups is 1. The van der Waals surface area contributed by atoms with Crippen LogP contribution < -0.4 is 5.32 Å². The Morgan fingerprint density at radius 3 is 2.08 bits per heavy atom. The fourth-order valence-corrected chi connectivity index (χ4v) is 4.61. The molecule has 0 radical (unpaired) electrons. The summed E-state index contributed by atoms with van der Waals surface area (Å²) in [6.07, 6.45) is 4.00. The summed E-state index contributed by atoms with van der Waals surface area (Å²) in [6, 6.07) is 0. The molecule has 26 heavy (non-hydrogen) atoms. The molecule has 0 fully saturated rings. The second-order valence-corrected chi connectivity index (χ2v) is 11.8. The minimum Gasteiger partial charge on any atom is -0.396 e.